The Morgan fingerprint density at radius 3 is 2.38 bits per heavy atom. The number of rotatable bonds is 6. The maximum Gasteiger partial charge on any atom is 0.348 e. The number of aromatic nitrogens is 2. The predicted molar refractivity (Wildman–Crippen MR) is 152 cm³/mol. The Kier molecular flexibility index (Phi) is 8.55. The lowest BCUT2D eigenvalue weighted by atomic mass is 9.66. The molecule has 2 aromatic heterocycles. The molecule has 2 aliphatic rings. The second-order valence-corrected chi connectivity index (χ2v) is 12.9. The Bertz CT molecular complexity index is 1330. The van der Waals surface area contributed by atoms with Crippen LogP contribution in [0.2, 0.25) is 0 Å². The van der Waals surface area contributed by atoms with Gasteiger partial charge in [0.15, 0.2) is 0 Å². The maximum atomic E-state index is 13.4. The number of amides is 1. The molecule has 0 aliphatic heterocycles. The summed E-state index contributed by atoms with van der Waals surface area (Å²) in [5, 5.41) is 14.3. The first-order valence-electron chi connectivity index (χ1n) is 13.8. The molecule has 0 spiro atoms. The van der Waals surface area contributed by atoms with E-state index in [1.165, 1.54) is 10.7 Å². The van der Waals surface area contributed by atoms with Crippen molar-refractivity contribution in [1.29, 1.82) is 0 Å². The van der Waals surface area contributed by atoms with Crippen LogP contribution < -0.4 is 15.2 Å². The normalized spacial score (nSPS) is 20.9. The summed E-state index contributed by atoms with van der Waals surface area (Å²) in [4.78, 5) is 40.1. The molecule has 1 amide bonds. The molecule has 39 heavy (non-hydrogen) atoms. The second kappa shape index (κ2) is 11.5. The summed E-state index contributed by atoms with van der Waals surface area (Å²) in [6, 6.07) is 4.88. The Balaban J connectivity index is 1.64. The number of aromatic carboxylic acids is 1. The van der Waals surface area contributed by atoms with Crippen molar-refractivity contribution in [3.8, 4) is 17.7 Å². The molecule has 0 bridgehead atoms. The highest BCUT2D eigenvalue weighted by Crippen LogP contribution is 2.49. The number of carbonyl (C=O) groups excluding carboxylic acids is 1. The molecule has 2 saturated carbocycles. The molecule has 0 saturated heterocycles. The van der Waals surface area contributed by atoms with E-state index >= 15 is 0 Å². The molecule has 2 heterocycles. The summed E-state index contributed by atoms with van der Waals surface area (Å²) in [5.41, 5.74) is -0.364. The van der Waals surface area contributed by atoms with Crippen molar-refractivity contribution in [2.24, 2.45) is 18.4 Å². The lowest BCUT2D eigenvalue weighted by Gasteiger charge is -2.52. The van der Waals surface area contributed by atoms with Crippen molar-refractivity contribution in [2.45, 2.75) is 97.1 Å². The molecule has 0 aromatic carbocycles. The van der Waals surface area contributed by atoms with Gasteiger partial charge in [0.05, 0.1) is 16.1 Å². The van der Waals surface area contributed by atoms with E-state index in [-0.39, 0.29) is 33.8 Å². The lowest BCUT2D eigenvalue weighted by Crippen LogP contribution is -2.58. The van der Waals surface area contributed by atoms with E-state index in [9.17, 15) is 19.5 Å². The van der Waals surface area contributed by atoms with Crippen molar-refractivity contribution >= 4 is 28.9 Å². The number of aryl methyl sites for hydroxylation is 1. The Labute approximate surface area is 234 Å². The average molecular weight is 554 g/mol. The van der Waals surface area contributed by atoms with Crippen LogP contribution >= 0.6 is 11.3 Å². The van der Waals surface area contributed by atoms with Crippen molar-refractivity contribution in [3.63, 3.8) is 0 Å². The third-order valence-corrected chi connectivity index (χ3v) is 8.87. The number of hydrogen-bond acceptors (Lipinski definition) is 6. The highest BCUT2D eigenvalue weighted by atomic mass is 32.1. The fraction of sp³-hybridized carbons (Fsp3) is 0.600. The molecule has 2 fully saturated rings. The number of ether oxygens (including phenoxy) is 1. The van der Waals surface area contributed by atoms with Gasteiger partial charge < -0.3 is 14.7 Å². The van der Waals surface area contributed by atoms with E-state index in [2.05, 4.69) is 16.9 Å². The zero-order chi connectivity index (χ0) is 28.4. The van der Waals surface area contributed by atoms with Crippen LogP contribution in [0.25, 0.3) is 0 Å². The summed E-state index contributed by atoms with van der Waals surface area (Å²) in [7, 11) is 1.60. The van der Waals surface area contributed by atoms with Crippen LogP contribution in [0.1, 0.15) is 100 Å². The third kappa shape index (κ3) is 6.55. The molecule has 1 N–H and O–H groups in total. The molecular formula is C30H39N3O5S. The van der Waals surface area contributed by atoms with E-state index in [0.29, 0.717) is 16.4 Å². The first kappa shape index (κ1) is 28.9. The lowest BCUT2D eigenvalue weighted by molar-refractivity contribution is -0.118. The minimum atomic E-state index is -1.03. The summed E-state index contributed by atoms with van der Waals surface area (Å²) in [5.74, 6) is 5.85. The van der Waals surface area contributed by atoms with Gasteiger partial charge in [-0.25, -0.2) is 9.48 Å². The number of carboxylic acid groups (broad SMARTS) is 1. The van der Waals surface area contributed by atoms with Gasteiger partial charge in [0.2, 0.25) is 11.8 Å². The van der Waals surface area contributed by atoms with Crippen LogP contribution in [0.5, 0.6) is 5.88 Å². The van der Waals surface area contributed by atoms with Gasteiger partial charge in [-0.15, -0.1) is 16.4 Å². The largest absolute Gasteiger partial charge is 0.477 e. The van der Waals surface area contributed by atoms with Gasteiger partial charge in [-0.05, 0) is 71.3 Å². The molecule has 2 aromatic rings. The topological polar surface area (TPSA) is 102 Å². The Morgan fingerprint density at radius 2 is 1.82 bits per heavy atom. The van der Waals surface area contributed by atoms with Crippen LogP contribution in [0.15, 0.2) is 23.0 Å². The summed E-state index contributed by atoms with van der Waals surface area (Å²) >= 11 is 1.15. The molecular weight excluding hydrogens is 514 g/mol. The average Bonchev–Trinajstić information content (AvgIpc) is 3.29. The third-order valence-electron chi connectivity index (χ3n) is 7.85. The minimum absolute atomic E-state index is 0.0207. The number of thiophene rings is 1. The molecule has 0 atom stereocenters. The summed E-state index contributed by atoms with van der Waals surface area (Å²) in [6.45, 7) is 7.60. The quantitative estimate of drug-likeness (QED) is 0.465. The second-order valence-electron chi connectivity index (χ2n) is 11.9. The summed E-state index contributed by atoms with van der Waals surface area (Å²) < 4.78 is 7.39. The van der Waals surface area contributed by atoms with Crippen molar-refractivity contribution in [1.82, 2.24) is 9.78 Å². The number of carboxylic acids is 1. The standard InChI is InChI=1S/C30H39N3O5S/c1-20(34)33(24-19-23(15-18-29(2,3)4)39-27(24)28(36)37)30(16-7-6-8-17-30)21-9-11-22(12-10-21)38-25-13-14-26(35)32(5)31-25/h13-14,19,21-22H,6-12,16-17H2,1-5H3,(H,36,37). The van der Waals surface area contributed by atoms with Crippen LogP contribution in [-0.2, 0) is 11.8 Å². The first-order valence-corrected chi connectivity index (χ1v) is 14.6. The van der Waals surface area contributed by atoms with Crippen LogP contribution in [0, 0.1) is 23.2 Å². The van der Waals surface area contributed by atoms with Crippen molar-refractivity contribution in [2.75, 3.05) is 4.90 Å². The van der Waals surface area contributed by atoms with Crippen molar-refractivity contribution < 1.29 is 19.4 Å². The Hall–Kier alpha value is -3.12. The Morgan fingerprint density at radius 1 is 1.15 bits per heavy atom. The fourth-order valence-corrected chi connectivity index (χ4v) is 6.98. The van der Waals surface area contributed by atoms with Gasteiger partial charge in [0, 0.05) is 31.5 Å². The molecule has 4 rings (SSSR count). The highest BCUT2D eigenvalue weighted by Gasteiger charge is 2.48. The monoisotopic (exact) mass is 553 g/mol. The van der Waals surface area contributed by atoms with E-state index in [1.54, 1.807) is 20.0 Å². The number of carbonyl (C=O) groups is 2. The molecule has 2 aliphatic carbocycles. The van der Waals surface area contributed by atoms with Gasteiger partial charge in [0.1, 0.15) is 11.0 Å². The number of nitrogens with zero attached hydrogens (tertiary/aromatic N) is 3. The van der Waals surface area contributed by atoms with Gasteiger partial charge in [-0.3, -0.25) is 9.59 Å². The van der Waals surface area contributed by atoms with Gasteiger partial charge in [-0.1, -0.05) is 31.1 Å². The van der Waals surface area contributed by atoms with Gasteiger partial charge in [-0.2, -0.15) is 0 Å². The van der Waals surface area contributed by atoms with E-state index in [1.807, 2.05) is 31.7 Å². The zero-order valence-corrected chi connectivity index (χ0v) is 24.4. The molecule has 8 nitrogen and oxygen atoms in total. The molecule has 9 heteroatoms. The predicted octanol–water partition coefficient (Wildman–Crippen LogP) is 5.63. The fourth-order valence-electron chi connectivity index (χ4n) is 6.15. The molecule has 0 radical (unpaired) electrons. The summed E-state index contributed by atoms with van der Waals surface area (Å²) in [6.07, 6.45) is 8.14. The van der Waals surface area contributed by atoms with E-state index in [0.717, 1.165) is 69.1 Å². The van der Waals surface area contributed by atoms with Crippen LogP contribution in [0.4, 0.5) is 5.69 Å². The molecule has 0 unspecified atom stereocenters. The maximum absolute atomic E-state index is 13.4. The van der Waals surface area contributed by atoms with Gasteiger partial charge >= 0.3 is 5.97 Å². The number of hydrogen-bond donors (Lipinski definition) is 1. The van der Waals surface area contributed by atoms with Crippen LogP contribution in [0.3, 0.4) is 0 Å². The minimum Gasteiger partial charge on any atom is -0.477 e. The van der Waals surface area contributed by atoms with E-state index < -0.39 is 11.5 Å². The van der Waals surface area contributed by atoms with Crippen molar-refractivity contribution in [3.05, 3.63) is 38.3 Å². The van der Waals surface area contributed by atoms with Gasteiger partial charge in [0.25, 0.3) is 5.56 Å². The van der Waals surface area contributed by atoms with Crippen LogP contribution in [-0.4, -0.2) is 38.4 Å². The number of anilines is 1. The molecule has 210 valence electrons. The SMILES string of the molecule is CC(=O)N(c1cc(C#CC(C)(C)C)sc1C(=O)O)C1(C2CCC(Oc3ccc(=O)n(C)n3)CC2)CCCCC1. The first-order chi connectivity index (χ1) is 18.4. The zero-order valence-electron chi connectivity index (χ0n) is 23.6. The smallest absolute Gasteiger partial charge is 0.348 e. The van der Waals surface area contributed by atoms with E-state index in [4.69, 9.17) is 4.74 Å². The highest BCUT2D eigenvalue weighted by molar-refractivity contribution is 7.15.